The lowest BCUT2D eigenvalue weighted by molar-refractivity contribution is -0.123. The molecular weight excluding hydrogens is 540 g/mol. The Morgan fingerprint density at radius 2 is 1.69 bits per heavy atom. The van der Waals surface area contributed by atoms with Gasteiger partial charge in [0.1, 0.15) is 11.5 Å². The largest absolute Gasteiger partial charge is 0.494 e. The van der Waals surface area contributed by atoms with Gasteiger partial charge in [0, 0.05) is 10.0 Å². The van der Waals surface area contributed by atoms with E-state index in [1.807, 2.05) is 24.3 Å². The van der Waals surface area contributed by atoms with Crippen LogP contribution in [0.2, 0.25) is 0 Å². The van der Waals surface area contributed by atoms with Gasteiger partial charge in [-0.15, -0.1) is 0 Å². The second kappa shape index (κ2) is 11.9. The summed E-state index contributed by atoms with van der Waals surface area (Å²) in [7, 11) is 0. The first-order chi connectivity index (χ1) is 15.5. The molecule has 0 radical (unpaired) electrons. The van der Waals surface area contributed by atoms with Crippen LogP contribution >= 0.6 is 31.9 Å². The van der Waals surface area contributed by atoms with Crippen LogP contribution in [0.4, 0.5) is 0 Å². The molecular formula is C24H24Br2N2O4. The van der Waals surface area contributed by atoms with Crippen LogP contribution < -0.4 is 20.3 Å². The molecule has 0 spiro atoms. The number of rotatable bonds is 9. The number of fused-ring (bicyclic) bond motifs is 1. The van der Waals surface area contributed by atoms with Crippen molar-refractivity contribution in [2.75, 3.05) is 13.2 Å². The zero-order valence-electron chi connectivity index (χ0n) is 17.6. The van der Waals surface area contributed by atoms with Gasteiger partial charge in [0.2, 0.25) is 0 Å². The van der Waals surface area contributed by atoms with E-state index in [0.29, 0.717) is 23.7 Å². The SMILES string of the molecule is CCCCCOc1ccc(C(=O)NNC(=O)COc2ccc3cc(Br)ccc3c2Br)cc1. The molecule has 0 aromatic heterocycles. The predicted octanol–water partition coefficient (Wildman–Crippen LogP) is 5.77. The molecule has 0 unspecified atom stereocenters. The van der Waals surface area contributed by atoms with Crippen molar-refractivity contribution in [1.82, 2.24) is 10.9 Å². The van der Waals surface area contributed by atoms with Crippen LogP contribution in [0, 0.1) is 0 Å². The average Bonchev–Trinajstić information content (AvgIpc) is 2.80. The summed E-state index contributed by atoms with van der Waals surface area (Å²) in [4.78, 5) is 24.3. The Balaban J connectivity index is 1.46. The molecule has 0 saturated heterocycles. The van der Waals surface area contributed by atoms with Gasteiger partial charge in [-0.2, -0.15) is 0 Å². The lowest BCUT2D eigenvalue weighted by Gasteiger charge is -2.12. The average molecular weight is 564 g/mol. The van der Waals surface area contributed by atoms with Crippen LogP contribution in [-0.2, 0) is 4.79 Å². The monoisotopic (exact) mass is 562 g/mol. The number of hydrogen-bond acceptors (Lipinski definition) is 4. The molecule has 3 aromatic carbocycles. The van der Waals surface area contributed by atoms with Crippen molar-refractivity contribution in [2.45, 2.75) is 26.2 Å². The van der Waals surface area contributed by atoms with E-state index in [4.69, 9.17) is 9.47 Å². The maximum absolute atomic E-state index is 12.2. The van der Waals surface area contributed by atoms with Crippen molar-refractivity contribution in [3.8, 4) is 11.5 Å². The maximum atomic E-state index is 12.2. The molecule has 0 saturated carbocycles. The van der Waals surface area contributed by atoms with Crippen LogP contribution in [0.15, 0.2) is 63.5 Å². The van der Waals surface area contributed by atoms with E-state index in [9.17, 15) is 9.59 Å². The third-order valence-corrected chi connectivity index (χ3v) is 6.00. The Morgan fingerprint density at radius 1 is 0.906 bits per heavy atom. The summed E-state index contributed by atoms with van der Waals surface area (Å²) in [6.07, 6.45) is 3.26. The van der Waals surface area contributed by atoms with Crippen LogP contribution in [0.5, 0.6) is 11.5 Å². The highest BCUT2D eigenvalue weighted by Gasteiger charge is 2.11. The third kappa shape index (κ3) is 6.71. The van der Waals surface area contributed by atoms with Gasteiger partial charge in [-0.25, -0.2) is 0 Å². The minimum Gasteiger partial charge on any atom is -0.494 e. The van der Waals surface area contributed by atoms with Gasteiger partial charge in [0.15, 0.2) is 6.61 Å². The number of nitrogens with one attached hydrogen (secondary N) is 2. The molecule has 0 heterocycles. The zero-order chi connectivity index (χ0) is 22.9. The van der Waals surface area contributed by atoms with Crippen molar-refractivity contribution >= 4 is 54.4 Å². The molecule has 168 valence electrons. The predicted molar refractivity (Wildman–Crippen MR) is 132 cm³/mol. The van der Waals surface area contributed by atoms with Crippen molar-refractivity contribution in [3.63, 3.8) is 0 Å². The molecule has 6 nitrogen and oxygen atoms in total. The van der Waals surface area contributed by atoms with Gasteiger partial charge in [0.25, 0.3) is 11.8 Å². The van der Waals surface area contributed by atoms with Gasteiger partial charge in [-0.1, -0.05) is 47.8 Å². The normalized spacial score (nSPS) is 10.6. The molecule has 0 fully saturated rings. The smallest absolute Gasteiger partial charge is 0.276 e. The number of ether oxygens (including phenoxy) is 2. The second-order valence-corrected chi connectivity index (χ2v) is 8.82. The van der Waals surface area contributed by atoms with Crippen LogP contribution in [0.25, 0.3) is 10.8 Å². The summed E-state index contributed by atoms with van der Waals surface area (Å²) in [5.74, 6) is 0.351. The highest BCUT2D eigenvalue weighted by Crippen LogP contribution is 2.34. The second-order valence-electron chi connectivity index (χ2n) is 7.11. The molecule has 0 aliphatic heterocycles. The molecule has 0 aliphatic carbocycles. The van der Waals surface area contributed by atoms with Crippen molar-refractivity contribution in [3.05, 3.63) is 69.1 Å². The Hall–Kier alpha value is -2.58. The summed E-state index contributed by atoms with van der Waals surface area (Å²) < 4.78 is 13.0. The Labute approximate surface area is 203 Å². The van der Waals surface area contributed by atoms with Gasteiger partial charge >= 0.3 is 0 Å². The van der Waals surface area contributed by atoms with Crippen molar-refractivity contribution in [2.24, 2.45) is 0 Å². The number of halogens is 2. The van der Waals surface area contributed by atoms with Gasteiger partial charge in [0.05, 0.1) is 11.1 Å². The molecule has 2 N–H and O–H groups in total. The summed E-state index contributed by atoms with van der Waals surface area (Å²) in [5.41, 5.74) is 5.16. The minimum atomic E-state index is -0.475. The number of carbonyl (C=O) groups excluding carboxylic acids is 2. The minimum absolute atomic E-state index is 0.245. The summed E-state index contributed by atoms with van der Waals surface area (Å²) in [6.45, 7) is 2.55. The Bertz CT molecular complexity index is 1090. The molecule has 32 heavy (non-hydrogen) atoms. The zero-order valence-corrected chi connectivity index (χ0v) is 20.8. The number of hydrogen-bond donors (Lipinski definition) is 2. The standard InChI is InChI=1S/C24H24Br2N2O4/c1-2-3-4-13-31-19-9-5-16(6-10-19)24(30)28-27-22(29)15-32-21-12-7-17-14-18(25)8-11-20(17)23(21)26/h5-12,14H,2-4,13,15H2,1H3,(H,27,29)(H,28,30). The highest BCUT2D eigenvalue weighted by atomic mass is 79.9. The summed E-state index contributed by atoms with van der Waals surface area (Å²) in [6, 6.07) is 16.4. The molecule has 0 bridgehead atoms. The van der Waals surface area contributed by atoms with E-state index < -0.39 is 11.8 Å². The fourth-order valence-corrected chi connectivity index (χ4v) is 3.96. The third-order valence-electron chi connectivity index (χ3n) is 4.69. The first-order valence-corrected chi connectivity index (χ1v) is 11.9. The van der Waals surface area contributed by atoms with Crippen LogP contribution in [0.3, 0.4) is 0 Å². The summed E-state index contributed by atoms with van der Waals surface area (Å²) >= 11 is 6.98. The maximum Gasteiger partial charge on any atom is 0.276 e. The van der Waals surface area contributed by atoms with E-state index in [1.165, 1.54) is 0 Å². The van der Waals surface area contributed by atoms with E-state index in [1.54, 1.807) is 30.3 Å². The van der Waals surface area contributed by atoms with E-state index >= 15 is 0 Å². The van der Waals surface area contributed by atoms with E-state index in [0.717, 1.165) is 39.0 Å². The number of benzene rings is 3. The Morgan fingerprint density at radius 3 is 2.44 bits per heavy atom. The van der Waals surface area contributed by atoms with E-state index in [-0.39, 0.29) is 6.61 Å². The molecule has 0 aliphatic rings. The highest BCUT2D eigenvalue weighted by molar-refractivity contribution is 9.11. The molecule has 2 amide bonds. The lowest BCUT2D eigenvalue weighted by atomic mass is 10.1. The van der Waals surface area contributed by atoms with Gasteiger partial charge in [-0.05, 0) is 75.6 Å². The number of carbonyl (C=O) groups is 2. The first-order valence-electron chi connectivity index (χ1n) is 10.3. The van der Waals surface area contributed by atoms with Crippen LogP contribution in [0.1, 0.15) is 36.5 Å². The number of hydrazine groups is 1. The van der Waals surface area contributed by atoms with Gasteiger partial charge in [-0.3, -0.25) is 20.4 Å². The molecule has 3 aromatic rings. The number of unbranched alkanes of at least 4 members (excludes halogenated alkanes) is 2. The molecule has 0 atom stereocenters. The van der Waals surface area contributed by atoms with Crippen LogP contribution in [-0.4, -0.2) is 25.0 Å². The lowest BCUT2D eigenvalue weighted by Crippen LogP contribution is -2.43. The summed E-state index contributed by atoms with van der Waals surface area (Å²) in [5, 5.41) is 2.00. The fraction of sp³-hybridized carbons (Fsp3) is 0.250. The van der Waals surface area contributed by atoms with Crippen molar-refractivity contribution in [1.29, 1.82) is 0 Å². The number of amides is 2. The fourth-order valence-electron chi connectivity index (χ4n) is 2.98. The van der Waals surface area contributed by atoms with E-state index in [2.05, 4.69) is 49.6 Å². The topological polar surface area (TPSA) is 76.7 Å². The first kappa shape index (κ1) is 24.1. The quantitative estimate of drug-likeness (QED) is 0.256. The Kier molecular flexibility index (Phi) is 8.93. The van der Waals surface area contributed by atoms with Gasteiger partial charge < -0.3 is 9.47 Å². The molecule has 3 rings (SSSR count). The molecule has 8 heteroatoms. The van der Waals surface area contributed by atoms with Crippen molar-refractivity contribution < 1.29 is 19.1 Å².